The van der Waals surface area contributed by atoms with Crippen molar-refractivity contribution in [1.29, 1.82) is 0 Å². The quantitative estimate of drug-likeness (QED) is 0.401. The molecule has 1 atom stereocenters. The van der Waals surface area contributed by atoms with Crippen molar-refractivity contribution in [2.75, 3.05) is 23.7 Å². The van der Waals surface area contributed by atoms with Gasteiger partial charge in [-0.15, -0.1) is 6.58 Å². The summed E-state index contributed by atoms with van der Waals surface area (Å²) in [6, 6.07) is 0.129. The van der Waals surface area contributed by atoms with Crippen molar-refractivity contribution < 1.29 is 4.79 Å². The fourth-order valence-corrected chi connectivity index (χ4v) is 4.86. The highest BCUT2D eigenvalue weighted by molar-refractivity contribution is 7.99. The van der Waals surface area contributed by atoms with E-state index in [1.165, 1.54) is 29.5 Å². The number of piperidine rings is 1. The minimum Gasteiger partial charge on any atom is -0.353 e. The molecule has 9 heteroatoms. The van der Waals surface area contributed by atoms with Crippen molar-refractivity contribution in [2.45, 2.75) is 57.3 Å². The van der Waals surface area contributed by atoms with Crippen LogP contribution in [0.4, 0.5) is 5.13 Å². The molecule has 2 aromatic heterocycles. The molecule has 0 saturated carbocycles. The van der Waals surface area contributed by atoms with E-state index in [0.717, 1.165) is 37.5 Å². The van der Waals surface area contributed by atoms with Gasteiger partial charge >= 0.3 is 0 Å². The number of fused-ring (bicyclic) bond motifs is 1. The second-order valence-corrected chi connectivity index (χ2v) is 8.88. The zero-order chi connectivity index (χ0) is 20.1. The minimum atomic E-state index is -0.115. The van der Waals surface area contributed by atoms with Gasteiger partial charge in [-0.25, -0.2) is 4.98 Å². The maximum Gasteiger partial charge on any atom is 0.274 e. The van der Waals surface area contributed by atoms with Gasteiger partial charge in [0, 0.05) is 25.7 Å². The summed E-state index contributed by atoms with van der Waals surface area (Å²) in [6.45, 7) is 10.0. The molecule has 0 spiro atoms. The first-order valence-corrected chi connectivity index (χ1v) is 11.5. The van der Waals surface area contributed by atoms with Crippen LogP contribution >= 0.6 is 23.1 Å². The van der Waals surface area contributed by atoms with E-state index in [0.29, 0.717) is 22.0 Å². The Kier molecular flexibility index (Phi) is 7.12. The lowest BCUT2D eigenvalue weighted by molar-refractivity contribution is -0.119. The molecule has 7 nitrogen and oxygen atoms in total. The van der Waals surface area contributed by atoms with Gasteiger partial charge in [0.15, 0.2) is 15.9 Å². The summed E-state index contributed by atoms with van der Waals surface area (Å²) in [6.07, 6.45) is 6.09. The smallest absolute Gasteiger partial charge is 0.274 e. The molecule has 2 aromatic rings. The van der Waals surface area contributed by atoms with Gasteiger partial charge in [0.1, 0.15) is 4.70 Å². The molecule has 3 rings (SSSR count). The second kappa shape index (κ2) is 9.56. The van der Waals surface area contributed by atoms with Crippen LogP contribution in [-0.4, -0.2) is 45.3 Å². The molecule has 1 fully saturated rings. The monoisotopic (exact) mass is 421 g/mol. The molecular weight excluding hydrogens is 394 g/mol. The van der Waals surface area contributed by atoms with Crippen molar-refractivity contribution in [2.24, 2.45) is 0 Å². The standard InChI is InChI=1S/C19H27N5O2S2/c1-4-9-24-17(26)15-16(21-18(28-15)23-10-7-6-8-11-23)22-19(24)27-12-14(25)20-13(3)5-2/h4,13H,1,5-12H2,2-3H3,(H,20,25)/t13-/m1/s1. The molecule has 28 heavy (non-hydrogen) atoms. The molecule has 3 heterocycles. The van der Waals surface area contributed by atoms with Crippen LogP contribution in [0.3, 0.4) is 0 Å². The van der Waals surface area contributed by atoms with Gasteiger partial charge in [-0.1, -0.05) is 36.1 Å². The lowest BCUT2D eigenvalue weighted by Crippen LogP contribution is -2.33. The van der Waals surface area contributed by atoms with Crippen LogP contribution in [0.2, 0.25) is 0 Å². The number of anilines is 1. The SMILES string of the molecule is C=CCn1c(SCC(=O)N[C@H](C)CC)nc2nc(N3CCCCC3)sc2c1=O. The zero-order valence-electron chi connectivity index (χ0n) is 16.4. The molecule has 0 unspecified atom stereocenters. The van der Waals surface area contributed by atoms with Crippen LogP contribution < -0.4 is 15.8 Å². The Labute approximate surface area is 173 Å². The number of thiazole rings is 1. The fourth-order valence-electron chi connectivity index (χ4n) is 3.05. The number of thioether (sulfide) groups is 1. The highest BCUT2D eigenvalue weighted by Gasteiger charge is 2.20. The third-order valence-electron chi connectivity index (χ3n) is 4.76. The first-order valence-electron chi connectivity index (χ1n) is 9.72. The Morgan fingerprint density at radius 2 is 2.11 bits per heavy atom. The Bertz CT molecular complexity index is 902. The first kappa shape index (κ1) is 20.9. The number of nitrogens with one attached hydrogen (secondary N) is 1. The van der Waals surface area contributed by atoms with Gasteiger partial charge < -0.3 is 10.2 Å². The first-order chi connectivity index (χ1) is 13.5. The summed E-state index contributed by atoms with van der Waals surface area (Å²) < 4.78 is 2.14. The number of nitrogens with zero attached hydrogens (tertiary/aromatic N) is 4. The summed E-state index contributed by atoms with van der Waals surface area (Å²) >= 11 is 2.68. The molecule has 0 aromatic carbocycles. The Morgan fingerprint density at radius 3 is 2.79 bits per heavy atom. The number of carbonyl (C=O) groups is 1. The van der Waals surface area contributed by atoms with Crippen LogP contribution in [0.5, 0.6) is 0 Å². The molecule has 1 amide bonds. The molecule has 0 aliphatic carbocycles. The summed E-state index contributed by atoms with van der Waals surface area (Å²) in [5.41, 5.74) is 0.358. The van der Waals surface area contributed by atoms with Crippen LogP contribution in [0.15, 0.2) is 22.6 Å². The number of carbonyl (C=O) groups excluding carboxylic acids is 1. The van der Waals surface area contributed by atoms with Crippen molar-refractivity contribution in [3.8, 4) is 0 Å². The van der Waals surface area contributed by atoms with E-state index in [4.69, 9.17) is 0 Å². The Hall–Kier alpha value is -1.87. The van der Waals surface area contributed by atoms with E-state index < -0.39 is 0 Å². The lowest BCUT2D eigenvalue weighted by Gasteiger charge is -2.25. The minimum absolute atomic E-state index is 0.0638. The lowest BCUT2D eigenvalue weighted by atomic mass is 10.1. The van der Waals surface area contributed by atoms with Crippen LogP contribution in [-0.2, 0) is 11.3 Å². The van der Waals surface area contributed by atoms with Gasteiger partial charge in [-0.2, -0.15) is 4.98 Å². The van der Waals surface area contributed by atoms with Crippen molar-refractivity contribution in [3.05, 3.63) is 23.0 Å². The predicted molar refractivity (Wildman–Crippen MR) is 117 cm³/mol. The van der Waals surface area contributed by atoms with E-state index in [-0.39, 0.29) is 23.3 Å². The third-order valence-corrected chi connectivity index (χ3v) is 6.83. The summed E-state index contributed by atoms with van der Waals surface area (Å²) in [4.78, 5) is 36.6. The largest absolute Gasteiger partial charge is 0.353 e. The molecule has 1 aliphatic rings. The van der Waals surface area contributed by atoms with E-state index in [1.54, 1.807) is 10.6 Å². The highest BCUT2D eigenvalue weighted by atomic mass is 32.2. The predicted octanol–water partition coefficient (Wildman–Crippen LogP) is 3.04. The van der Waals surface area contributed by atoms with Crippen LogP contribution in [0.25, 0.3) is 10.3 Å². The van der Waals surface area contributed by atoms with Crippen LogP contribution in [0, 0.1) is 0 Å². The normalized spacial score (nSPS) is 15.6. The second-order valence-electron chi connectivity index (χ2n) is 6.96. The average Bonchev–Trinajstić information content (AvgIpc) is 3.14. The molecule has 1 N–H and O–H groups in total. The summed E-state index contributed by atoms with van der Waals surface area (Å²) in [7, 11) is 0. The number of hydrogen-bond donors (Lipinski definition) is 1. The average molecular weight is 422 g/mol. The maximum atomic E-state index is 13.0. The van der Waals surface area contributed by atoms with Crippen molar-refractivity contribution in [1.82, 2.24) is 19.9 Å². The molecule has 152 valence electrons. The van der Waals surface area contributed by atoms with Gasteiger partial charge in [-0.3, -0.25) is 14.2 Å². The third kappa shape index (κ3) is 4.75. The summed E-state index contributed by atoms with van der Waals surface area (Å²) in [5.74, 6) is 0.147. The molecule has 0 radical (unpaired) electrons. The number of allylic oxidation sites excluding steroid dienone is 1. The van der Waals surface area contributed by atoms with Gasteiger partial charge in [0.05, 0.1) is 5.75 Å². The van der Waals surface area contributed by atoms with Gasteiger partial charge in [0.25, 0.3) is 5.56 Å². The van der Waals surface area contributed by atoms with Gasteiger partial charge in [-0.05, 0) is 32.6 Å². The Morgan fingerprint density at radius 1 is 1.36 bits per heavy atom. The number of rotatable bonds is 8. The van der Waals surface area contributed by atoms with E-state index in [9.17, 15) is 9.59 Å². The number of aromatic nitrogens is 3. The van der Waals surface area contributed by atoms with E-state index in [1.807, 2.05) is 13.8 Å². The molecule has 1 saturated heterocycles. The van der Waals surface area contributed by atoms with E-state index in [2.05, 4.69) is 26.8 Å². The molecule has 0 bridgehead atoms. The van der Waals surface area contributed by atoms with Gasteiger partial charge in [0.2, 0.25) is 5.91 Å². The summed E-state index contributed by atoms with van der Waals surface area (Å²) in [5, 5.41) is 4.30. The topological polar surface area (TPSA) is 80.1 Å². The maximum absolute atomic E-state index is 13.0. The Balaban J connectivity index is 1.88. The van der Waals surface area contributed by atoms with E-state index >= 15 is 0 Å². The van der Waals surface area contributed by atoms with Crippen LogP contribution in [0.1, 0.15) is 39.5 Å². The number of hydrogen-bond acceptors (Lipinski definition) is 7. The molecular formula is C19H27N5O2S2. The highest BCUT2D eigenvalue weighted by Crippen LogP contribution is 2.29. The molecule has 1 aliphatic heterocycles. The van der Waals surface area contributed by atoms with Crippen molar-refractivity contribution in [3.63, 3.8) is 0 Å². The fraction of sp³-hybridized carbons (Fsp3) is 0.579. The zero-order valence-corrected chi connectivity index (χ0v) is 18.1. The van der Waals surface area contributed by atoms with Crippen molar-refractivity contribution >= 4 is 44.5 Å². The number of amides is 1.